The van der Waals surface area contributed by atoms with Crippen LogP contribution in [0.1, 0.15) is 35.9 Å². The zero-order valence-electron chi connectivity index (χ0n) is 18.3. The number of hydrogen-bond donors (Lipinski definition) is 2. The number of aromatic nitrogens is 3. The number of anilines is 1. The maximum atomic E-state index is 14.4. The molecule has 3 heterocycles. The van der Waals surface area contributed by atoms with Crippen LogP contribution in [0, 0.1) is 11.7 Å². The maximum Gasteiger partial charge on any atom is 0.269 e. The molecule has 1 saturated carbocycles. The van der Waals surface area contributed by atoms with Crippen molar-refractivity contribution in [1.29, 1.82) is 0 Å². The zero-order valence-corrected chi connectivity index (χ0v) is 19.9. The molecule has 1 saturated heterocycles. The quantitative estimate of drug-likeness (QED) is 0.509. The van der Waals surface area contributed by atoms with Gasteiger partial charge in [0, 0.05) is 17.1 Å². The average Bonchev–Trinajstić information content (AvgIpc) is 3.32. The molecule has 1 aliphatic heterocycles. The van der Waals surface area contributed by atoms with Gasteiger partial charge in [0.2, 0.25) is 11.8 Å². The Balaban J connectivity index is 1.40. The minimum Gasteiger partial charge on any atom is -0.364 e. The van der Waals surface area contributed by atoms with E-state index < -0.39 is 23.7 Å². The molecule has 3 aromatic rings. The van der Waals surface area contributed by atoms with Crippen molar-refractivity contribution >= 4 is 50.2 Å². The van der Waals surface area contributed by atoms with Gasteiger partial charge in [-0.25, -0.2) is 4.39 Å². The van der Waals surface area contributed by atoms with Crippen molar-refractivity contribution in [3.05, 3.63) is 52.1 Å². The third-order valence-corrected chi connectivity index (χ3v) is 7.09. The van der Waals surface area contributed by atoms with Crippen molar-refractivity contribution in [3.8, 4) is 0 Å². The molecule has 1 aromatic carbocycles. The van der Waals surface area contributed by atoms with Crippen LogP contribution in [0.25, 0.3) is 10.9 Å². The number of pyridine rings is 1. The number of fused-ring (bicyclic) bond motifs is 2. The van der Waals surface area contributed by atoms with Crippen LogP contribution in [-0.4, -0.2) is 49.5 Å². The van der Waals surface area contributed by atoms with Gasteiger partial charge in [0.05, 0.1) is 21.9 Å². The fourth-order valence-corrected chi connectivity index (χ4v) is 5.05. The Morgan fingerprint density at radius 1 is 1.29 bits per heavy atom. The molecule has 11 heteroatoms. The highest BCUT2D eigenvalue weighted by Gasteiger charge is 2.56. The van der Waals surface area contributed by atoms with Crippen molar-refractivity contribution in [1.82, 2.24) is 19.7 Å². The SMILES string of the molecule is CCc1cc2c(C(N)=O)nn(CC(=O)N3[C@@H]4C[C@@H]4C[C@H]3C(=O)Nc3cccc(Br)c3F)c2cn1. The summed E-state index contributed by atoms with van der Waals surface area (Å²) in [6, 6.07) is 5.64. The van der Waals surface area contributed by atoms with Crippen LogP contribution in [0.2, 0.25) is 0 Å². The molecule has 0 radical (unpaired) electrons. The second kappa shape index (κ2) is 8.46. The molecule has 9 nitrogen and oxygen atoms in total. The monoisotopic (exact) mass is 528 g/mol. The van der Waals surface area contributed by atoms with Crippen molar-refractivity contribution in [2.75, 3.05) is 5.32 Å². The summed E-state index contributed by atoms with van der Waals surface area (Å²) in [5.74, 6) is -1.76. The molecule has 0 unspecified atom stereocenters. The van der Waals surface area contributed by atoms with Crippen LogP contribution in [0.3, 0.4) is 0 Å². The summed E-state index contributed by atoms with van der Waals surface area (Å²) in [6.07, 6.45) is 3.59. The third kappa shape index (κ3) is 3.83. The summed E-state index contributed by atoms with van der Waals surface area (Å²) >= 11 is 3.11. The van der Waals surface area contributed by atoms with Gasteiger partial charge < -0.3 is 16.0 Å². The Kier molecular flexibility index (Phi) is 5.59. The van der Waals surface area contributed by atoms with Crippen molar-refractivity contribution < 1.29 is 18.8 Å². The van der Waals surface area contributed by atoms with E-state index in [1.807, 2.05) is 6.92 Å². The minimum absolute atomic E-state index is 0.0298. The minimum atomic E-state index is -0.711. The lowest BCUT2D eigenvalue weighted by atomic mass is 10.1. The predicted octanol–water partition coefficient (Wildman–Crippen LogP) is 2.62. The third-order valence-electron chi connectivity index (χ3n) is 6.48. The topological polar surface area (TPSA) is 123 Å². The lowest BCUT2D eigenvalue weighted by Crippen LogP contribution is -2.46. The van der Waals surface area contributed by atoms with Gasteiger partial charge >= 0.3 is 0 Å². The highest BCUT2D eigenvalue weighted by atomic mass is 79.9. The number of benzene rings is 1. The van der Waals surface area contributed by atoms with E-state index >= 15 is 0 Å². The van der Waals surface area contributed by atoms with Crippen molar-refractivity contribution in [3.63, 3.8) is 0 Å². The van der Waals surface area contributed by atoms with Gasteiger partial charge in [0.25, 0.3) is 5.91 Å². The zero-order chi connectivity index (χ0) is 24.1. The second-order valence-corrected chi connectivity index (χ2v) is 9.48. The van der Waals surface area contributed by atoms with E-state index in [0.717, 1.165) is 12.1 Å². The van der Waals surface area contributed by atoms with Gasteiger partial charge in [-0.1, -0.05) is 13.0 Å². The van der Waals surface area contributed by atoms with Gasteiger partial charge in [-0.15, -0.1) is 0 Å². The second-order valence-electron chi connectivity index (χ2n) is 8.62. The summed E-state index contributed by atoms with van der Waals surface area (Å²) in [4.78, 5) is 44.2. The number of aryl methyl sites for hydroxylation is 1. The molecule has 2 aliphatic rings. The first-order valence-corrected chi connectivity index (χ1v) is 11.8. The molecule has 0 spiro atoms. The number of likely N-dealkylation sites (tertiary alicyclic amines) is 1. The Morgan fingerprint density at radius 3 is 2.82 bits per heavy atom. The normalized spacial score (nSPS) is 20.9. The van der Waals surface area contributed by atoms with Crippen LogP contribution in [0.5, 0.6) is 0 Å². The van der Waals surface area contributed by atoms with Crippen LogP contribution in [0.15, 0.2) is 34.9 Å². The number of carbonyl (C=O) groups excluding carboxylic acids is 3. The van der Waals surface area contributed by atoms with Crippen LogP contribution in [0.4, 0.5) is 10.1 Å². The maximum absolute atomic E-state index is 14.4. The van der Waals surface area contributed by atoms with Crippen molar-refractivity contribution in [2.24, 2.45) is 11.7 Å². The van der Waals surface area contributed by atoms with E-state index in [1.165, 1.54) is 10.7 Å². The van der Waals surface area contributed by atoms with Gasteiger partial charge in [-0.3, -0.25) is 24.0 Å². The van der Waals surface area contributed by atoms with Gasteiger partial charge in [0.15, 0.2) is 11.5 Å². The number of nitrogens with one attached hydrogen (secondary N) is 1. The highest BCUT2D eigenvalue weighted by molar-refractivity contribution is 9.10. The number of nitrogens with zero attached hydrogens (tertiary/aromatic N) is 4. The Hall–Kier alpha value is -3.34. The molecule has 3 atom stereocenters. The van der Waals surface area contributed by atoms with Crippen molar-refractivity contribution in [2.45, 2.75) is 44.8 Å². The average molecular weight is 529 g/mol. The first kappa shape index (κ1) is 22.5. The lowest BCUT2D eigenvalue weighted by molar-refractivity contribution is -0.138. The van der Waals surface area contributed by atoms with E-state index in [4.69, 9.17) is 5.73 Å². The largest absolute Gasteiger partial charge is 0.364 e. The van der Waals surface area contributed by atoms with E-state index in [-0.39, 0.29) is 40.3 Å². The van der Waals surface area contributed by atoms with Crippen LogP contribution >= 0.6 is 15.9 Å². The number of rotatable bonds is 6. The number of piperidine rings is 1. The standard InChI is InChI=1S/C23H22BrFN6O3/c1-2-12-8-13-18(9-27-12)30(29-21(13)22(26)33)10-19(32)31-16-6-11(16)7-17(31)23(34)28-15-5-3-4-14(24)20(15)25/h3-5,8-9,11,16-17H,2,6-7,10H2,1H3,(H2,26,33)(H,28,34)/t11-,16-,17+/m1/s1. The smallest absolute Gasteiger partial charge is 0.269 e. The van der Waals surface area contributed by atoms with E-state index in [0.29, 0.717) is 23.7 Å². The molecule has 2 aromatic heterocycles. The molecule has 2 fully saturated rings. The van der Waals surface area contributed by atoms with E-state index in [1.54, 1.807) is 29.3 Å². The lowest BCUT2D eigenvalue weighted by Gasteiger charge is -2.27. The van der Waals surface area contributed by atoms with Gasteiger partial charge in [-0.2, -0.15) is 5.10 Å². The number of primary amides is 1. The molecule has 0 bridgehead atoms. The van der Waals surface area contributed by atoms with E-state index in [2.05, 4.69) is 31.3 Å². The highest BCUT2D eigenvalue weighted by Crippen LogP contribution is 2.48. The summed E-state index contributed by atoms with van der Waals surface area (Å²) in [5, 5.41) is 7.42. The summed E-state index contributed by atoms with van der Waals surface area (Å²) < 4.78 is 16.0. The Morgan fingerprint density at radius 2 is 2.09 bits per heavy atom. The van der Waals surface area contributed by atoms with E-state index in [9.17, 15) is 18.8 Å². The number of nitrogens with two attached hydrogens (primary N) is 1. The molecular formula is C23H22BrFN6O3. The summed E-state index contributed by atoms with van der Waals surface area (Å²) in [7, 11) is 0. The van der Waals surface area contributed by atoms with Crippen LogP contribution < -0.4 is 11.1 Å². The summed E-state index contributed by atoms with van der Waals surface area (Å²) in [6.45, 7) is 1.77. The number of carbonyl (C=O) groups is 3. The molecule has 176 valence electrons. The fourth-order valence-electron chi connectivity index (χ4n) is 4.69. The Bertz CT molecular complexity index is 1340. The fraction of sp³-hybridized carbons (Fsp3) is 0.348. The molecule has 5 rings (SSSR count). The number of hydrogen-bond acceptors (Lipinski definition) is 5. The van der Waals surface area contributed by atoms with Gasteiger partial charge in [-0.05, 0) is 59.3 Å². The Labute approximate surface area is 202 Å². The first-order valence-electron chi connectivity index (χ1n) is 11.0. The van der Waals surface area contributed by atoms with Gasteiger partial charge in [0.1, 0.15) is 12.6 Å². The van der Waals surface area contributed by atoms with Crippen LogP contribution in [-0.2, 0) is 22.6 Å². The molecule has 1 aliphatic carbocycles. The summed E-state index contributed by atoms with van der Waals surface area (Å²) in [5.41, 5.74) is 6.92. The molecule has 3 N–H and O–H groups in total. The molecule has 34 heavy (non-hydrogen) atoms. The predicted molar refractivity (Wildman–Crippen MR) is 125 cm³/mol. The number of halogens is 2. The molecular weight excluding hydrogens is 507 g/mol. The number of amides is 3. The first-order chi connectivity index (χ1) is 16.3. The molecule has 3 amide bonds.